The van der Waals surface area contributed by atoms with Crippen molar-refractivity contribution in [3.63, 3.8) is 0 Å². The minimum absolute atomic E-state index is 0.0466. The summed E-state index contributed by atoms with van der Waals surface area (Å²) in [5.74, 6) is -1.03. The largest absolute Gasteiger partial charge is 0.364 e. The lowest BCUT2D eigenvalue weighted by molar-refractivity contribution is 0.0997. The van der Waals surface area contributed by atoms with Crippen molar-refractivity contribution in [2.45, 2.75) is 0 Å². The van der Waals surface area contributed by atoms with E-state index in [9.17, 15) is 9.59 Å². The van der Waals surface area contributed by atoms with Crippen LogP contribution in [-0.2, 0) is 0 Å². The maximum Gasteiger partial charge on any atom is 0.269 e. The van der Waals surface area contributed by atoms with Crippen LogP contribution in [0.1, 0.15) is 20.8 Å². The molecule has 7 heteroatoms. The summed E-state index contributed by atoms with van der Waals surface area (Å²) < 4.78 is 0. The monoisotopic (exact) mass is 264 g/mol. The zero-order valence-electron chi connectivity index (χ0n) is 9.11. The number of aromatic nitrogens is 2. The van der Waals surface area contributed by atoms with Gasteiger partial charge in [0, 0.05) is 10.6 Å². The molecule has 0 aliphatic heterocycles. The molecule has 4 N–H and O–H groups in total. The van der Waals surface area contributed by atoms with Gasteiger partial charge in [-0.1, -0.05) is 17.7 Å². The number of nitrogens with one attached hydrogen (secondary N) is 2. The molecule has 2 amide bonds. The molecule has 2 rings (SSSR count). The van der Waals surface area contributed by atoms with E-state index in [4.69, 9.17) is 17.3 Å². The molecule has 0 spiro atoms. The van der Waals surface area contributed by atoms with Gasteiger partial charge in [0.2, 0.25) is 0 Å². The Kier molecular flexibility index (Phi) is 3.29. The summed E-state index contributed by atoms with van der Waals surface area (Å²) in [7, 11) is 0. The molecule has 6 nitrogen and oxygen atoms in total. The molecule has 2 aromatic rings. The topological polar surface area (TPSA) is 101 Å². The number of H-pyrrole nitrogens is 1. The van der Waals surface area contributed by atoms with Gasteiger partial charge in [-0.2, -0.15) is 0 Å². The number of halogens is 1. The van der Waals surface area contributed by atoms with Gasteiger partial charge in [0.15, 0.2) is 5.82 Å². The molecule has 0 aliphatic rings. The first kappa shape index (κ1) is 12.1. The molecule has 1 heterocycles. The fraction of sp³-hybridized carbons (Fsp3) is 0. The number of primary amides is 1. The number of hydrogen-bond donors (Lipinski definition) is 3. The van der Waals surface area contributed by atoms with Gasteiger partial charge in [-0.25, -0.2) is 4.98 Å². The van der Waals surface area contributed by atoms with Crippen molar-refractivity contribution >= 4 is 29.2 Å². The fourth-order valence-electron chi connectivity index (χ4n) is 1.39. The number of nitrogens with zero attached hydrogens (tertiary/aromatic N) is 1. The molecule has 0 atom stereocenters. The highest BCUT2D eigenvalue weighted by Gasteiger charge is 2.14. The fourth-order valence-corrected chi connectivity index (χ4v) is 1.58. The molecule has 0 bridgehead atoms. The Bertz CT molecular complexity index is 609. The van der Waals surface area contributed by atoms with Crippen LogP contribution in [0.2, 0.25) is 5.02 Å². The molecule has 1 aromatic heterocycles. The number of rotatable bonds is 3. The van der Waals surface area contributed by atoms with E-state index in [2.05, 4.69) is 15.3 Å². The van der Waals surface area contributed by atoms with E-state index in [1.54, 1.807) is 18.2 Å². The average Bonchev–Trinajstić information content (AvgIpc) is 2.77. The highest BCUT2D eigenvalue weighted by Crippen LogP contribution is 2.14. The summed E-state index contributed by atoms with van der Waals surface area (Å²) in [6.07, 6.45) is 1.27. The predicted octanol–water partition coefficient (Wildman–Crippen LogP) is 1.41. The zero-order chi connectivity index (χ0) is 13.1. The van der Waals surface area contributed by atoms with Crippen molar-refractivity contribution in [3.05, 3.63) is 46.9 Å². The minimum Gasteiger partial charge on any atom is -0.364 e. The van der Waals surface area contributed by atoms with Crippen LogP contribution in [0, 0.1) is 0 Å². The number of amides is 2. The van der Waals surface area contributed by atoms with Crippen LogP contribution in [0.25, 0.3) is 0 Å². The number of imidazole rings is 1. The van der Waals surface area contributed by atoms with Gasteiger partial charge < -0.3 is 16.0 Å². The summed E-state index contributed by atoms with van der Waals surface area (Å²) in [6, 6.07) is 6.41. The lowest BCUT2D eigenvalue weighted by Gasteiger charge is -2.03. The molecule has 0 unspecified atom stereocenters. The second kappa shape index (κ2) is 4.89. The molecule has 0 radical (unpaired) electrons. The number of benzene rings is 1. The molecule has 0 fully saturated rings. The maximum absolute atomic E-state index is 11.9. The molecule has 1 aromatic carbocycles. The van der Waals surface area contributed by atoms with E-state index in [0.717, 1.165) is 0 Å². The summed E-state index contributed by atoms with van der Waals surface area (Å²) in [6.45, 7) is 0. The molecule has 0 saturated heterocycles. The van der Waals surface area contributed by atoms with E-state index < -0.39 is 11.8 Å². The van der Waals surface area contributed by atoms with Gasteiger partial charge in [-0.15, -0.1) is 0 Å². The normalized spacial score (nSPS) is 10.1. The standard InChI is InChI=1S/C11H9ClN4O2/c12-7-3-1-2-6(4-7)11(18)16-10-8(9(13)17)14-5-15-10/h1-5H,(H2,13,17)(H,14,15)(H,16,18). The Labute approximate surface area is 107 Å². The summed E-state index contributed by atoms with van der Waals surface area (Å²) in [4.78, 5) is 29.2. The number of carbonyl (C=O) groups is 2. The number of carbonyl (C=O) groups excluding carboxylic acids is 2. The third-order valence-electron chi connectivity index (χ3n) is 2.20. The molecule has 92 valence electrons. The van der Waals surface area contributed by atoms with Crippen molar-refractivity contribution in [2.75, 3.05) is 5.32 Å². The lowest BCUT2D eigenvalue weighted by atomic mass is 10.2. The van der Waals surface area contributed by atoms with Crippen LogP contribution in [0.15, 0.2) is 30.6 Å². The minimum atomic E-state index is -0.700. The van der Waals surface area contributed by atoms with Crippen molar-refractivity contribution in [1.82, 2.24) is 9.97 Å². The van der Waals surface area contributed by atoms with E-state index in [1.165, 1.54) is 12.4 Å². The SMILES string of the molecule is NC(=O)c1[nH]cnc1NC(=O)c1cccc(Cl)c1. The first-order chi connectivity index (χ1) is 8.58. The van der Waals surface area contributed by atoms with Gasteiger partial charge in [0.25, 0.3) is 11.8 Å². The van der Waals surface area contributed by atoms with Crippen LogP contribution in [0.3, 0.4) is 0 Å². The first-order valence-electron chi connectivity index (χ1n) is 4.98. The van der Waals surface area contributed by atoms with E-state index in [-0.39, 0.29) is 11.5 Å². The Morgan fingerprint density at radius 3 is 2.83 bits per heavy atom. The van der Waals surface area contributed by atoms with Crippen LogP contribution in [0.5, 0.6) is 0 Å². The Balaban J connectivity index is 2.21. The quantitative estimate of drug-likeness (QED) is 0.781. The van der Waals surface area contributed by atoms with Gasteiger partial charge in [-0.05, 0) is 18.2 Å². The number of aromatic amines is 1. The molecule has 18 heavy (non-hydrogen) atoms. The smallest absolute Gasteiger partial charge is 0.269 e. The lowest BCUT2D eigenvalue weighted by Crippen LogP contribution is -2.18. The predicted molar refractivity (Wildman–Crippen MR) is 66.5 cm³/mol. The third-order valence-corrected chi connectivity index (χ3v) is 2.44. The molecular weight excluding hydrogens is 256 g/mol. The van der Waals surface area contributed by atoms with Crippen molar-refractivity contribution < 1.29 is 9.59 Å². The number of anilines is 1. The Morgan fingerprint density at radius 1 is 1.39 bits per heavy atom. The first-order valence-corrected chi connectivity index (χ1v) is 5.36. The Morgan fingerprint density at radius 2 is 2.17 bits per heavy atom. The van der Waals surface area contributed by atoms with Gasteiger partial charge >= 0.3 is 0 Å². The van der Waals surface area contributed by atoms with Crippen molar-refractivity contribution in [2.24, 2.45) is 5.73 Å². The van der Waals surface area contributed by atoms with Crippen LogP contribution >= 0.6 is 11.6 Å². The highest BCUT2D eigenvalue weighted by atomic mass is 35.5. The van der Waals surface area contributed by atoms with E-state index in [0.29, 0.717) is 10.6 Å². The third kappa shape index (κ3) is 2.49. The highest BCUT2D eigenvalue weighted by molar-refractivity contribution is 6.31. The van der Waals surface area contributed by atoms with Crippen molar-refractivity contribution in [3.8, 4) is 0 Å². The van der Waals surface area contributed by atoms with Gasteiger partial charge in [-0.3, -0.25) is 9.59 Å². The zero-order valence-corrected chi connectivity index (χ0v) is 9.86. The van der Waals surface area contributed by atoms with Gasteiger partial charge in [0.05, 0.1) is 6.33 Å². The summed E-state index contributed by atoms with van der Waals surface area (Å²) >= 11 is 5.78. The van der Waals surface area contributed by atoms with E-state index in [1.807, 2.05) is 0 Å². The second-order valence-electron chi connectivity index (χ2n) is 3.45. The molecule has 0 saturated carbocycles. The average molecular weight is 265 g/mol. The number of hydrogen-bond acceptors (Lipinski definition) is 3. The Hall–Kier alpha value is -2.34. The van der Waals surface area contributed by atoms with Crippen LogP contribution in [0.4, 0.5) is 5.82 Å². The summed E-state index contributed by atoms with van der Waals surface area (Å²) in [5, 5.41) is 2.92. The van der Waals surface area contributed by atoms with Crippen LogP contribution in [-0.4, -0.2) is 21.8 Å². The van der Waals surface area contributed by atoms with Gasteiger partial charge in [0.1, 0.15) is 5.69 Å². The second-order valence-corrected chi connectivity index (χ2v) is 3.89. The molecule has 0 aliphatic carbocycles. The van der Waals surface area contributed by atoms with Crippen LogP contribution < -0.4 is 11.1 Å². The number of nitrogens with two attached hydrogens (primary N) is 1. The maximum atomic E-state index is 11.9. The van der Waals surface area contributed by atoms with Crippen molar-refractivity contribution in [1.29, 1.82) is 0 Å². The van der Waals surface area contributed by atoms with E-state index >= 15 is 0 Å². The molecular formula is C11H9ClN4O2. The summed E-state index contributed by atoms with van der Waals surface area (Å²) in [5.41, 5.74) is 5.52.